The molecule has 0 aliphatic carbocycles. The summed E-state index contributed by atoms with van der Waals surface area (Å²) in [5.74, 6) is 1.12. The molecule has 0 aliphatic heterocycles. The highest BCUT2D eigenvalue weighted by atomic mass is 15.1. The Morgan fingerprint density at radius 3 is 2.38 bits per heavy atom. The summed E-state index contributed by atoms with van der Waals surface area (Å²) < 4.78 is 0. The first-order chi connectivity index (χ1) is 11.6. The van der Waals surface area contributed by atoms with Gasteiger partial charge < -0.3 is 4.98 Å². The Morgan fingerprint density at radius 1 is 0.875 bits per heavy atom. The summed E-state index contributed by atoms with van der Waals surface area (Å²) in [5.41, 5.74) is 4.84. The second-order valence-electron chi connectivity index (χ2n) is 6.63. The Bertz CT molecular complexity index is 853. The van der Waals surface area contributed by atoms with Gasteiger partial charge in [0.2, 0.25) is 0 Å². The van der Waals surface area contributed by atoms with Crippen LogP contribution in [0.3, 0.4) is 0 Å². The smallest absolute Gasteiger partial charge is 0.137 e. The van der Waals surface area contributed by atoms with Crippen molar-refractivity contribution in [3.05, 3.63) is 60.0 Å². The molecule has 0 amide bonds. The number of hydrogen-bond donors (Lipinski definition) is 2. The summed E-state index contributed by atoms with van der Waals surface area (Å²) in [4.78, 5) is 7.33. The van der Waals surface area contributed by atoms with E-state index in [4.69, 9.17) is 0 Å². The average molecular weight is 320 g/mol. The van der Waals surface area contributed by atoms with Gasteiger partial charge in [-0.05, 0) is 41.2 Å². The summed E-state index contributed by atoms with van der Waals surface area (Å²) >= 11 is 0. The van der Waals surface area contributed by atoms with E-state index in [2.05, 4.69) is 72.1 Å². The largest absolute Gasteiger partial charge is 0.346 e. The van der Waals surface area contributed by atoms with Crippen LogP contribution in [-0.2, 0) is 0 Å². The summed E-state index contributed by atoms with van der Waals surface area (Å²) in [6.45, 7) is 8.78. The third kappa shape index (κ3) is 3.18. The first-order valence-corrected chi connectivity index (χ1v) is 8.42. The molecule has 0 atom stereocenters. The van der Waals surface area contributed by atoms with Gasteiger partial charge in [0.1, 0.15) is 5.65 Å². The minimum atomic E-state index is 0.561. The van der Waals surface area contributed by atoms with E-state index in [1.54, 1.807) is 0 Å². The number of nitrogens with zero attached hydrogens (tertiary/aromatic N) is 2. The molecular weight excluding hydrogens is 296 g/mol. The number of hydrogen-bond acceptors (Lipinski definition) is 2. The summed E-state index contributed by atoms with van der Waals surface area (Å²) in [6.07, 6.45) is 5.68. The number of aromatic amines is 2. The van der Waals surface area contributed by atoms with Gasteiger partial charge in [0.15, 0.2) is 0 Å². The maximum Gasteiger partial charge on any atom is 0.137 e. The third-order valence-electron chi connectivity index (χ3n) is 4.26. The molecule has 3 aromatic heterocycles. The van der Waals surface area contributed by atoms with E-state index >= 15 is 0 Å². The molecule has 124 valence electrons. The van der Waals surface area contributed by atoms with Gasteiger partial charge in [0.05, 0.1) is 11.7 Å². The Morgan fingerprint density at radius 2 is 1.62 bits per heavy atom. The van der Waals surface area contributed by atoms with Crippen LogP contribution in [0.4, 0.5) is 0 Å². The van der Waals surface area contributed by atoms with Crippen LogP contribution in [0.25, 0.3) is 21.9 Å². The monoisotopic (exact) mass is 320 g/mol. The van der Waals surface area contributed by atoms with Gasteiger partial charge in [0.25, 0.3) is 0 Å². The van der Waals surface area contributed by atoms with E-state index in [1.807, 2.05) is 24.7 Å². The van der Waals surface area contributed by atoms with Gasteiger partial charge in [-0.2, -0.15) is 5.10 Å². The third-order valence-corrected chi connectivity index (χ3v) is 4.26. The molecule has 1 aromatic carbocycles. The van der Waals surface area contributed by atoms with Crippen LogP contribution < -0.4 is 0 Å². The Balaban J connectivity index is 0.000000141. The van der Waals surface area contributed by atoms with Crippen molar-refractivity contribution in [2.75, 3.05) is 0 Å². The molecule has 2 N–H and O–H groups in total. The van der Waals surface area contributed by atoms with Crippen molar-refractivity contribution in [1.29, 1.82) is 0 Å². The molecule has 0 saturated heterocycles. The van der Waals surface area contributed by atoms with Crippen molar-refractivity contribution in [1.82, 2.24) is 20.2 Å². The zero-order valence-corrected chi connectivity index (χ0v) is 14.7. The molecule has 0 radical (unpaired) electrons. The van der Waals surface area contributed by atoms with Crippen molar-refractivity contribution < 1.29 is 0 Å². The van der Waals surface area contributed by atoms with Crippen molar-refractivity contribution >= 4 is 21.9 Å². The lowest BCUT2D eigenvalue weighted by Gasteiger charge is -2.05. The molecule has 0 fully saturated rings. The lowest BCUT2D eigenvalue weighted by atomic mass is 10.00. The van der Waals surface area contributed by atoms with Crippen LogP contribution in [0.1, 0.15) is 50.7 Å². The minimum Gasteiger partial charge on any atom is -0.346 e. The van der Waals surface area contributed by atoms with Gasteiger partial charge in [0, 0.05) is 23.2 Å². The first-order valence-electron chi connectivity index (χ1n) is 8.42. The van der Waals surface area contributed by atoms with E-state index in [-0.39, 0.29) is 0 Å². The van der Waals surface area contributed by atoms with Crippen LogP contribution in [0.2, 0.25) is 0 Å². The fourth-order valence-electron chi connectivity index (χ4n) is 2.98. The Hall–Kier alpha value is -2.62. The number of H-pyrrole nitrogens is 2. The lowest BCUT2D eigenvalue weighted by Crippen LogP contribution is -1.88. The molecule has 0 aliphatic rings. The summed E-state index contributed by atoms with van der Waals surface area (Å²) in [5, 5.41) is 9.47. The second-order valence-corrected chi connectivity index (χ2v) is 6.63. The molecule has 0 spiro atoms. The maximum atomic E-state index is 4.23. The maximum absolute atomic E-state index is 4.23. The van der Waals surface area contributed by atoms with E-state index < -0.39 is 0 Å². The topological polar surface area (TPSA) is 57.4 Å². The number of pyridine rings is 1. The number of aromatic nitrogens is 4. The predicted molar refractivity (Wildman–Crippen MR) is 100 cm³/mol. The Labute approximate surface area is 142 Å². The fraction of sp³-hybridized carbons (Fsp3) is 0.300. The van der Waals surface area contributed by atoms with Gasteiger partial charge in [-0.3, -0.25) is 5.10 Å². The molecule has 4 rings (SSSR count). The van der Waals surface area contributed by atoms with E-state index in [0.29, 0.717) is 11.8 Å². The summed E-state index contributed by atoms with van der Waals surface area (Å²) in [7, 11) is 0. The number of nitrogens with one attached hydrogen (secondary N) is 2. The predicted octanol–water partition coefficient (Wildman–Crippen LogP) is 5.37. The number of fused-ring (bicyclic) bond motifs is 2. The van der Waals surface area contributed by atoms with Crippen molar-refractivity contribution in [3.63, 3.8) is 0 Å². The fourth-order valence-corrected chi connectivity index (χ4v) is 2.98. The van der Waals surface area contributed by atoms with Crippen LogP contribution in [-0.4, -0.2) is 20.2 Å². The van der Waals surface area contributed by atoms with Gasteiger partial charge in [-0.25, -0.2) is 4.98 Å². The minimum absolute atomic E-state index is 0.561. The normalized spacial score (nSPS) is 11.2. The van der Waals surface area contributed by atoms with Gasteiger partial charge in [-0.15, -0.1) is 0 Å². The van der Waals surface area contributed by atoms with Crippen molar-refractivity contribution in [2.24, 2.45) is 0 Å². The highest BCUT2D eigenvalue weighted by Crippen LogP contribution is 2.23. The lowest BCUT2D eigenvalue weighted by molar-refractivity contribution is 0.874. The molecule has 0 unspecified atom stereocenters. The first kappa shape index (κ1) is 16.2. The Kier molecular flexibility index (Phi) is 4.65. The van der Waals surface area contributed by atoms with Crippen LogP contribution in [0, 0.1) is 0 Å². The number of rotatable bonds is 2. The van der Waals surface area contributed by atoms with Crippen molar-refractivity contribution in [2.45, 2.75) is 39.5 Å². The quantitative estimate of drug-likeness (QED) is 0.521. The van der Waals surface area contributed by atoms with Crippen LogP contribution >= 0.6 is 0 Å². The molecule has 3 heterocycles. The number of benzene rings is 1. The SMILES string of the molecule is CC(C)c1cccc2[nH]ncc12.CC(C)c1ccnc2[nH]ccc12. The average Bonchev–Trinajstić information content (AvgIpc) is 3.23. The molecule has 0 saturated carbocycles. The molecule has 4 nitrogen and oxygen atoms in total. The molecule has 24 heavy (non-hydrogen) atoms. The standard InChI is InChI=1S/2C10H12N2/c1-7(2)8-3-5-11-10-9(8)4-6-12-10;1-7(2)8-4-3-5-10-9(8)6-11-12-10/h2*3-7H,1-2H3,(H,11,12). The molecule has 4 heteroatoms. The second kappa shape index (κ2) is 6.87. The van der Waals surface area contributed by atoms with Gasteiger partial charge in [-0.1, -0.05) is 39.8 Å². The van der Waals surface area contributed by atoms with E-state index in [9.17, 15) is 0 Å². The molecular formula is C20H24N4. The highest BCUT2D eigenvalue weighted by Gasteiger charge is 2.05. The van der Waals surface area contributed by atoms with Gasteiger partial charge >= 0.3 is 0 Å². The van der Waals surface area contributed by atoms with Crippen LogP contribution in [0.5, 0.6) is 0 Å². The van der Waals surface area contributed by atoms with Crippen LogP contribution in [0.15, 0.2) is 48.9 Å². The molecule has 0 bridgehead atoms. The summed E-state index contributed by atoms with van der Waals surface area (Å²) in [6, 6.07) is 10.4. The molecule has 4 aromatic rings. The zero-order valence-electron chi connectivity index (χ0n) is 14.7. The highest BCUT2D eigenvalue weighted by molar-refractivity contribution is 5.82. The van der Waals surface area contributed by atoms with E-state index in [1.165, 1.54) is 21.9 Å². The zero-order chi connectivity index (χ0) is 17.1. The van der Waals surface area contributed by atoms with E-state index in [0.717, 1.165) is 11.2 Å². The van der Waals surface area contributed by atoms with Crippen molar-refractivity contribution in [3.8, 4) is 0 Å².